The van der Waals surface area contributed by atoms with Crippen LogP contribution in [0.15, 0.2) is 29.0 Å². The lowest BCUT2D eigenvalue weighted by Gasteiger charge is -2.11. The average Bonchev–Trinajstić information content (AvgIpc) is 2.81. The summed E-state index contributed by atoms with van der Waals surface area (Å²) in [6, 6.07) is 3.13. The van der Waals surface area contributed by atoms with E-state index in [9.17, 15) is 4.79 Å². The third-order valence-corrected chi connectivity index (χ3v) is 3.14. The van der Waals surface area contributed by atoms with Gasteiger partial charge in [-0.25, -0.2) is 4.98 Å². The van der Waals surface area contributed by atoms with Crippen molar-refractivity contribution in [2.45, 2.75) is 12.5 Å². The monoisotopic (exact) mass is 297 g/mol. The van der Waals surface area contributed by atoms with Gasteiger partial charge in [-0.05, 0) is 28.1 Å². The molecule has 17 heavy (non-hydrogen) atoms. The van der Waals surface area contributed by atoms with Gasteiger partial charge in [0.25, 0.3) is 0 Å². The Hall–Kier alpha value is -1.40. The van der Waals surface area contributed by atoms with Crippen molar-refractivity contribution in [2.75, 3.05) is 7.11 Å². The molecule has 2 aromatic heterocycles. The molecule has 5 nitrogen and oxygen atoms in total. The maximum absolute atomic E-state index is 11.3. The van der Waals surface area contributed by atoms with E-state index in [1.807, 2.05) is 22.7 Å². The highest BCUT2D eigenvalue weighted by atomic mass is 79.9. The summed E-state index contributed by atoms with van der Waals surface area (Å²) in [7, 11) is 1.33. The summed E-state index contributed by atoms with van der Waals surface area (Å²) in [6.07, 6.45) is 3.94. The number of rotatable bonds is 3. The van der Waals surface area contributed by atoms with Crippen LogP contribution in [0.3, 0.4) is 0 Å². The Balaban J connectivity index is 2.33. The first-order valence-electron chi connectivity index (χ1n) is 5.07. The molecule has 0 radical (unpaired) electrons. The Kier molecular flexibility index (Phi) is 3.44. The molecule has 90 valence electrons. The Morgan fingerprint density at radius 3 is 3.12 bits per heavy atom. The highest BCUT2D eigenvalue weighted by molar-refractivity contribution is 9.10. The zero-order valence-electron chi connectivity index (χ0n) is 9.26. The number of pyridine rings is 1. The first-order valence-corrected chi connectivity index (χ1v) is 5.86. The maximum Gasteiger partial charge on any atom is 0.323 e. The molecule has 0 spiro atoms. The molecule has 0 fully saturated rings. The summed E-state index contributed by atoms with van der Waals surface area (Å²) in [5.41, 5.74) is 7.46. The summed E-state index contributed by atoms with van der Waals surface area (Å²) in [5.74, 6) is -0.416. The van der Waals surface area contributed by atoms with E-state index >= 15 is 0 Å². The van der Waals surface area contributed by atoms with Gasteiger partial charge < -0.3 is 14.9 Å². The fraction of sp³-hybridized carbons (Fsp3) is 0.273. The Morgan fingerprint density at radius 1 is 1.65 bits per heavy atom. The minimum absolute atomic E-state index is 0.410. The van der Waals surface area contributed by atoms with Crippen LogP contribution in [0.4, 0.5) is 0 Å². The van der Waals surface area contributed by atoms with Crippen LogP contribution in [-0.4, -0.2) is 28.5 Å². The summed E-state index contributed by atoms with van der Waals surface area (Å²) < 4.78 is 7.40. The summed E-state index contributed by atoms with van der Waals surface area (Å²) in [6.45, 7) is 0. The van der Waals surface area contributed by atoms with E-state index < -0.39 is 12.0 Å². The fourth-order valence-electron chi connectivity index (χ4n) is 1.66. The highest BCUT2D eigenvalue weighted by Crippen LogP contribution is 2.18. The van der Waals surface area contributed by atoms with E-state index in [1.54, 1.807) is 6.20 Å². The van der Waals surface area contributed by atoms with Gasteiger partial charge in [-0.2, -0.15) is 0 Å². The normalized spacial score (nSPS) is 12.6. The van der Waals surface area contributed by atoms with Crippen LogP contribution < -0.4 is 5.73 Å². The van der Waals surface area contributed by atoms with Crippen LogP contribution in [0.1, 0.15) is 5.69 Å². The van der Waals surface area contributed by atoms with E-state index in [1.165, 1.54) is 7.11 Å². The van der Waals surface area contributed by atoms with Crippen molar-refractivity contribution in [1.82, 2.24) is 9.38 Å². The number of methoxy groups -OCH3 is 1. The third kappa shape index (κ3) is 2.32. The zero-order valence-corrected chi connectivity index (χ0v) is 10.8. The van der Waals surface area contributed by atoms with Crippen molar-refractivity contribution in [1.29, 1.82) is 0 Å². The molecular weight excluding hydrogens is 286 g/mol. The third-order valence-electron chi connectivity index (χ3n) is 2.52. The number of aromatic nitrogens is 2. The number of nitrogens with zero attached hydrogens (tertiary/aromatic N) is 2. The average molecular weight is 298 g/mol. The second-order valence-corrected chi connectivity index (χ2v) is 4.48. The minimum atomic E-state index is -0.660. The number of halogens is 1. The molecule has 2 rings (SSSR count). The molecule has 0 amide bonds. The van der Waals surface area contributed by atoms with Gasteiger partial charge in [0.2, 0.25) is 0 Å². The van der Waals surface area contributed by atoms with Gasteiger partial charge in [0.05, 0.1) is 11.6 Å². The van der Waals surface area contributed by atoms with Crippen molar-refractivity contribution in [3.05, 3.63) is 34.7 Å². The van der Waals surface area contributed by atoms with Crippen LogP contribution in [0.25, 0.3) is 5.65 Å². The van der Waals surface area contributed by atoms with Crippen LogP contribution >= 0.6 is 15.9 Å². The quantitative estimate of drug-likeness (QED) is 0.863. The number of imidazole rings is 1. The molecule has 2 N–H and O–H groups in total. The minimum Gasteiger partial charge on any atom is -0.468 e. The number of nitrogens with two attached hydrogens (primary N) is 1. The topological polar surface area (TPSA) is 69.6 Å². The van der Waals surface area contributed by atoms with Gasteiger partial charge in [-0.1, -0.05) is 0 Å². The summed E-state index contributed by atoms with van der Waals surface area (Å²) in [5, 5.41) is 0. The number of ether oxygens (including phenoxy) is 1. The van der Waals surface area contributed by atoms with Crippen molar-refractivity contribution in [3.63, 3.8) is 0 Å². The van der Waals surface area contributed by atoms with Crippen molar-refractivity contribution in [2.24, 2.45) is 5.73 Å². The first kappa shape index (κ1) is 12.1. The van der Waals surface area contributed by atoms with E-state index in [0.29, 0.717) is 6.42 Å². The molecule has 0 saturated heterocycles. The second-order valence-electron chi connectivity index (χ2n) is 3.63. The Labute approximate surface area is 107 Å². The number of fused-ring (bicyclic) bond motifs is 1. The van der Waals surface area contributed by atoms with E-state index in [4.69, 9.17) is 5.73 Å². The lowest BCUT2D eigenvalue weighted by atomic mass is 10.1. The SMILES string of the molecule is COC(=O)[C@@H](N)Cc1ccc(Br)c2nccn12. The van der Waals surface area contributed by atoms with Crippen molar-refractivity contribution in [3.8, 4) is 0 Å². The molecule has 1 atom stereocenters. The lowest BCUT2D eigenvalue weighted by Crippen LogP contribution is -2.34. The zero-order chi connectivity index (χ0) is 12.4. The Bertz CT molecular complexity index is 553. The number of hydrogen-bond acceptors (Lipinski definition) is 4. The van der Waals surface area contributed by atoms with Gasteiger partial charge >= 0.3 is 5.97 Å². The molecule has 0 aromatic carbocycles. The highest BCUT2D eigenvalue weighted by Gasteiger charge is 2.16. The van der Waals surface area contributed by atoms with Crippen LogP contribution in [-0.2, 0) is 16.0 Å². The molecule has 0 bridgehead atoms. The van der Waals surface area contributed by atoms with Crippen LogP contribution in [0.5, 0.6) is 0 Å². The number of hydrogen-bond donors (Lipinski definition) is 1. The number of carbonyl (C=O) groups excluding carboxylic acids is 1. The molecule has 6 heteroatoms. The predicted octanol–water partition coefficient (Wildman–Crippen LogP) is 1.14. The van der Waals surface area contributed by atoms with Gasteiger partial charge in [-0.15, -0.1) is 0 Å². The first-order chi connectivity index (χ1) is 8.13. The molecule has 0 aliphatic carbocycles. The van der Waals surface area contributed by atoms with Crippen LogP contribution in [0, 0.1) is 0 Å². The van der Waals surface area contributed by atoms with Gasteiger partial charge in [0.15, 0.2) is 5.65 Å². The smallest absolute Gasteiger partial charge is 0.323 e. The molecule has 0 unspecified atom stereocenters. The maximum atomic E-state index is 11.3. The fourth-order valence-corrected chi connectivity index (χ4v) is 2.09. The van der Waals surface area contributed by atoms with Gasteiger partial charge in [0.1, 0.15) is 6.04 Å². The van der Waals surface area contributed by atoms with E-state index in [-0.39, 0.29) is 0 Å². The lowest BCUT2D eigenvalue weighted by molar-refractivity contribution is -0.142. The molecule has 2 heterocycles. The van der Waals surface area contributed by atoms with Gasteiger partial charge in [-0.3, -0.25) is 4.79 Å². The summed E-state index contributed by atoms with van der Waals surface area (Å²) in [4.78, 5) is 15.5. The molecule has 0 aliphatic heterocycles. The molecular formula is C11H12BrN3O2. The van der Waals surface area contributed by atoms with Crippen molar-refractivity contribution >= 4 is 27.5 Å². The summed E-state index contributed by atoms with van der Waals surface area (Å²) >= 11 is 3.41. The predicted molar refractivity (Wildman–Crippen MR) is 66.6 cm³/mol. The molecule has 0 saturated carbocycles. The van der Waals surface area contributed by atoms with Gasteiger partial charge in [0, 0.05) is 24.5 Å². The molecule has 2 aromatic rings. The number of esters is 1. The number of carbonyl (C=O) groups is 1. The van der Waals surface area contributed by atoms with Crippen LogP contribution in [0.2, 0.25) is 0 Å². The van der Waals surface area contributed by atoms with E-state index in [2.05, 4.69) is 25.7 Å². The largest absolute Gasteiger partial charge is 0.468 e. The van der Waals surface area contributed by atoms with Crippen molar-refractivity contribution < 1.29 is 9.53 Å². The second kappa shape index (κ2) is 4.85. The standard InChI is InChI=1S/C11H12BrN3O2/c1-17-11(16)9(13)6-7-2-3-8(12)10-14-4-5-15(7)10/h2-5,9H,6,13H2,1H3/t9-/m0/s1. The Morgan fingerprint density at radius 2 is 2.41 bits per heavy atom. The van der Waals surface area contributed by atoms with E-state index in [0.717, 1.165) is 15.8 Å². The molecule has 0 aliphatic rings.